The molecule has 2 aliphatic rings. The summed E-state index contributed by atoms with van der Waals surface area (Å²) >= 11 is 0. The van der Waals surface area contributed by atoms with Crippen LogP contribution in [0.15, 0.2) is 12.4 Å². The van der Waals surface area contributed by atoms with E-state index in [1.165, 1.54) is 32.1 Å². The molecule has 1 unspecified atom stereocenters. The van der Waals surface area contributed by atoms with E-state index in [2.05, 4.69) is 15.3 Å². The van der Waals surface area contributed by atoms with E-state index in [9.17, 15) is 0 Å². The summed E-state index contributed by atoms with van der Waals surface area (Å²) in [4.78, 5) is 8.90. The molecule has 0 bridgehead atoms. The van der Waals surface area contributed by atoms with Crippen molar-refractivity contribution in [2.75, 3.05) is 13.1 Å². The summed E-state index contributed by atoms with van der Waals surface area (Å²) < 4.78 is 5.93. The molecule has 1 atom stereocenters. The predicted molar refractivity (Wildman–Crippen MR) is 69.8 cm³/mol. The van der Waals surface area contributed by atoms with Crippen LogP contribution >= 0.6 is 0 Å². The van der Waals surface area contributed by atoms with E-state index in [1.807, 2.05) is 12.4 Å². The largest absolute Gasteiger partial charge is 0.487 e. The molecule has 2 heterocycles. The van der Waals surface area contributed by atoms with Crippen molar-refractivity contribution in [3.8, 4) is 5.75 Å². The highest BCUT2D eigenvalue weighted by Crippen LogP contribution is 2.24. The van der Waals surface area contributed by atoms with E-state index in [0.29, 0.717) is 12.0 Å². The Kier molecular flexibility index (Phi) is 3.74. The number of hydrogen-bond donors (Lipinski definition) is 1. The number of aromatic nitrogens is 2. The monoisotopic (exact) mass is 247 g/mol. The van der Waals surface area contributed by atoms with Gasteiger partial charge in [-0.25, -0.2) is 9.97 Å². The topological polar surface area (TPSA) is 47.0 Å². The van der Waals surface area contributed by atoms with Crippen LogP contribution in [0.1, 0.15) is 50.3 Å². The van der Waals surface area contributed by atoms with Crippen LogP contribution in [0.5, 0.6) is 5.75 Å². The summed E-state index contributed by atoms with van der Waals surface area (Å²) in [6.07, 6.45) is 11.5. The molecule has 2 fully saturated rings. The first-order valence-electron chi connectivity index (χ1n) is 7.11. The smallest absolute Gasteiger partial charge is 0.156 e. The van der Waals surface area contributed by atoms with Crippen molar-refractivity contribution in [1.29, 1.82) is 0 Å². The van der Waals surface area contributed by atoms with Gasteiger partial charge in [-0.2, -0.15) is 0 Å². The molecule has 1 N–H and O–H groups in total. The minimum Gasteiger partial charge on any atom is -0.487 e. The lowest BCUT2D eigenvalue weighted by Gasteiger charge is -2.22. The Balaban J connectivity index is 1.59. The van der Waals surface area contributed by atoms with Crippen molar-refractivity contribution in [3.05, 3.63) is 18.2 Å². The van der Waals surface area contributed by atoms with Crippen molar-refractivity contribution in [2.24, 2.45) is 0 Å². The molecule has 1 aliphatic carbocycles. The molecule has 0 spiro atoms. The highest BCUT2D eigenvalue weighted by Gasteiger charge is 2.20. The fourth-order valence-electron chi connectivity index (χ4n) is 2.85. The highest BCUT2D eigenvalue weighted by molar-refractivity contribution is 5.15. The Hall–Kier alpha value is -1.16. The minimum absolute atomic E-state index is 0.376. The molecule has 0 amide bonds. The van der Waals surface area contributed by atoms with Crippen molar-refractivity contribution >= 4 is 0 Å². The van der Waals surface area contributed by atoms with Gasteiger partial charge in [0, 0.05) is 12.5 Å². The summed E-state index contributed by atoms with van der Waals surface area (Å²) in [5.41, 5.74) is 0. The lowest BCUT2D eigenvalue weighted by Crippen LogP contribution is -2.20. The van der Waals surface area contributed by atoms with Crippen LogP contribution in [-0.2, 0) is 0 Å². The number of nitrogens with one attached hydrogen (secondary N) is 1. The fourth-order valence-corrected chi connectivity index (χ4v) is 2.85. The van der Waals surface area contributed by atoms with Gasteiger partial charge in [0.2, 0.25) is 0 Å². The van der Waals surface area contributed by atoms with Gasteiger partial charge in [0.25, 0.3) is 0 Å². The molecule has 98 valence electrons. The predicted octanol–water partition coefficient (Wildman–Crippen LogP) is 2.27. The summed E-state index contributed by atoms with van der Waals surface area (Å²) in [6, 6.07) is 0. The zero-order valence-electron chi connectivity index (χ0n) is 10.8. The van der Waals surface area contributed by atoms with Crippen molar-refractivity contribution in [3.63, 3.8) is 0 Å². The molecule has 1 aliphatic heterocycles. The molecule has 0 aromatic carbocycles. The number of nitrogens with zero attached hydrogens (tertiary/aromatic N) is 2. The third-order valence-electron chi connectivity index (χ3n) is 3.93. The third-order valence-corrected chi connectivity index (χ3v) is 3.93. The van der Waals surface area contributed by atoms with Gasteiger partial charge in [-0.05, 0) is 38.6 Å². The highest BCUT2D eigenvalue weighted by atomic mass is 16.5. The number of hydrogen-bond acceptors (Lipinski definition) is 4. The number of ether oxygens (including phenoxy) is 1. The Labute approximate surface area is 108 Å². The maximum Gasteiger partial charge on any atom is 0.156 e. The molecule has 1 aromatic heterocycles. The molecule has 1 aromatic rings. The van der Waals surface area contributed by atoms with Crippen molar-refractivity contribution in [2.45, 2.75) is 50.5 Å². The normalized spacial score (nSPS) is 25.2. The van der Waals surface area contributed by atoms with Gasteiger partial charge in [-0.3, -0.25) is 0 Å². The standard InChI is InChI=1S/C14H21N3O/c1-2-4-12(5-3-1)18-13-9-16-14(17-10-13)11-6-7-15-8-11/h9-12,15H,1-8H2. The van der Waals surface area contributed by atoms with Gasteiger partial charge < -0.3 is 10.1 Å². The zero-order valence-corrected chi connectivity index (χ0v) is 10.8. The Morgan fingerprint density at radius 1 is 1.06 bits per heavy atom. The van der Waals surface area contributed by atoms with E-state index >= 15 is 0 Å². The summed E-state index contributed by atoms with van der Waals surface area (Å²) in [6.45, 7) is 2.08. The van der Waals surface area contributed by atoms with Crippen LogP contribution in [0.3, 0.4) is 0 Å². The molecule has 1 saturated heterocycles. The van der Waals surface area contributed by atoms with Crippen LogP contribution in [-0.4, -0.2) is 29.2 Å². The van der Waals surface area contributed by atoms with Crippen LogP contribution in [0, 0.1) is 0 Å². The van der Waals surface area contributed by atoms with Gasteiger partial charge >= 0.3 is 0 Å². The maximum atomic E-state index is 5.93. The fraction of sp³-hybridized carbons (Fsp3) is 0.714. The van der Waals surface area contributed by atoms with Gasteiger partial charge in [-0.15, -0.1) is 0 Å². The van der Waals surface area contributed by atoms with Gasteiger partial charge in [-0.1, -0.05) is 6.42 Å². The zero-order chi connectivity index (χ0) is 12.2. The molecule has 4 heteroatoms. The van der Waals surface area contributed by atoms with E-state index in [0.717, 1.165) is 31.1 Å². The van der Waals surface area contributed by atoms with Crippen LogP contribution < -0.4 is 10.1 Å². The second-order valence-corrected chi connectivity index (χ2v) is 5.34. The van der Waals surface area contributed by atoms with Crippen LogP contribution in [0.2, 0.25) is 0 Å². The molecule has 0 radical (unpaired) electrons. The number of rotatable bonds is 3. The Bertz CT molecular complexity index is 367. The van der Waals surface area contributed by atoms with E-state index in [4.69, 9.17) is 4.74 Å². The minimum atomic E-state index is 0.376. The van der Waals surface area contributed by atoms with Crippen molar-refractivity contribution in [1.82, 2.24) is 15.3 Å². The van der Waals surface area contributed by atoms with Crippen LogP contribution in [0.25, 0.3) is 0 Å². The molecule has 1 saturated carbocycles. The summed E-state index contributed by atoms with van der Waals surface area (Å²) in [5.74, 6) is 2.27. The molecule has 4 nitrogen and oxygen atoms in total. The van der Waals surface area contributed by atoms with Crippen molar-refractivity contribution < 1.29 is 4.74 Å². The molecule has 3 rings (SSSR count). The first kappa shape index (κ1) is 11.9. The summed E-state index contributed by atoms with van der Waals surface area (Å²) in [7, 11) is 0. The van der Waals surface area contributed by atoms with E-state index in [1.54, 1.807) is 0 Å². The second-order valence-electron chi connectivity index (χ2n) is 5.34. The lowest BCUT2D eigenvalue weighted by molar-refractivity contribution is 0.153. The molecular weight excluding hydrogens is 226 g/mol. The van der Waals surface area contributed by atoms with E-state index in [-0.39, 0.29) is 0 Å². The quantitative estimate of drug-likeness (QED) is 0.890. The lowest BCUT2D eigenvalue weighted by atomic mass is 9.98. The van der Waals surface area contributed by atoms with Gasteiger partial charge in [0.15, 0.2) is 5.75 Å². The van der Waals surface area contributed by atoms with Gasteiger partial charge in [0.1, 0.15) is 5.82 Å². The average Bonchev–Trinajstić information content (AvgIpc) is 2.95. The maximum absolute atomic E-state index is 5.93. The first-order valence-corrected chi connectivity index (χ1v) is 7.11. The molecule has 18 heavy (non-hydrogen) atoms. The third kappa shape index (κ3) is 2.80. The Morgan fingerprint density at radius 3 is 2.50 bits per heavy atom. The SMILES string of the molecule is c1nc(C2CCNC2)ncc1OC1CCCCC1. The first-order chi connectivity index (χ1) is 8.92. The van der Waals surface area contributed by atoms with Gasteiger partial charge in [0.05, 0.1) is 18.5 Å². The Morgan fingerprint density at radius 2 is 1.83 bits per heavy atom. The molecular formula is C14H21N3O. The average molecular weight is 247 g/mol. The summed E-state index contributed by atoms with van der Waals surface area (Å²) in [5, 5.41) is 3.34. The van der Waals surface area contributed by atoms with Crippen LogP contribution in [0.4, 0.5) is 0 Å². The van der Waals surface area contributed by atoms with E-state index < -0.39 is 0 Å². The second kappa shape index (κ2) is 5.65.